The molecule has 0 unspecified atom stereocenters. The summed E-state index contributed by atoms with van der Waals surface area (Å²) in [6.07, 6.45) is 1.14. The van der Waals surface area contributed by atoms with Crippen molar-refractivity contribution in [2.45, 2.75) is 40.2 Å². The summed E-state index contributed by atoms with van der Waals surface area (Å²) >= 11 is 3.57. The molecule has 21 heavy (non-hydrogen) atoms. The number of halogens is 1. The van der Waals surface area contributed by atoms with Crippen molar-refractivity contribution in [2.24, 2.45) is 0 Å². The lowest BCUT2D eigenvalue weighted by atomic mass is 10.0. The number of nitrogens with two attached hydrogens (primary N) is 1. The molecule has 1 heterocycles. The third-order valence-corrected chi connectivity index (χ3v) is 4.45. The van der Waals surface area contributed by atoms with Crippen LogP contribution in [0.5, 0.6) is 0 Å². The number of nitrogens with zero attached hydrogens (tertiary/aromatic N) is 2. The van der Waals surface area contributed by atoms with Gasteiger partial charge in [0.2, 0.25) is 0 Å². The first kappa shape index (κ1) is 15.8. The van der Waals surface area contributed by atoms with Crippen molar-refractivity contribution in [3.63, 3.8) is 0 Å². The standard InChI is InChI=1S/C16H20BrN3O/c1-4-13-16(17)14(20(5-2)19-13)9-15(21)11-8-10(3)6-7-12(11)18/h6-8H,4-5,9,18H2,1-3H3. The first-order chi connectivity index (χ1) is 9.97. The number of benzene rings is 1. The molecule has 0 spiro atoms. The lowest BCUT2D eigenvalue weighted by molar-refractivity contribution is 0.0991. The van der Waals surface area contributed by atoms with Gasteiger partial charge in [-0.05, 0) is 48.3 Å². The largest absolute Gasteiger partial charge is 0.398 e. The summed E-state index contributed by atoms with van der Waals surface area (Å²) in [6, 6.07) is 5.54. The molecule has 1 aromatic heterocycles. The minimum atomic E-state index is 0.0224. The second-order valence-corrected chi connectivity index (χ2v) is 5.86. The van der Waals surface area contributed by atoms with E-state index in [0.29, 0.717) is 17.7 Å². The Hall–Kier alpha value is -1.62. The summed E-state index contributed by atoms with van der Waals surface area (Å²) in [5, 5.41) is 4.52. The van der Waals surface area contributed by atoms with Crippen LogP contribution in [0, 0.1) is 6.92 Å². The summed E-state index contributed by atoms with van der Waals surface area (Å²) in [6.45, 7) is 6.77. The van der Waals surface area contributed by atoms with Crippen molar-refractivity contribution in [1.82, 2.24) is 9.78 Å². The molecule has 4 nitrogen and oxygen atoms in total. The highest BCUT2D eigenvalue weighted by Gasteiger charge is 2.19. The topological polar surface area (TPSA) is 60.9 Å². The van der Waals surface area contributed by atoms with E-state index in [9.17, 15) is 4.79 Å². The number of nitrogen functional groups attached to an aromatic ring is 1. The van der Waals surface area contributed by atoms with E-state index in [1.165, 1.54) is 0 Å². The van der Waals surface area contributed by atoms with Gasteiger partial charge in [0.15, 0.2) is 5.78 Å². The Morgan fingerprint density at radius 1 is 1.38 bits per heavy atom. The molecule has 0 aliphatic rings. The fraction of sp³-hybridized carbons (Fsp3) is 0.375. The quantitative estimate of drug-likeness (QED) is 0.663. The Morgan fingerprint density at radius 3 is 2.71 bits per heavy atom. The molecule has 0 aliphatic heterocycles. The molecule has 2 rings (SSSR count). The zero-order valence-electron chi connectivity index (χ0n) is 12.6. The lowest BCUT2D eigenvalue weighted by Gasteiger charge is -2.08. The van der Waals surface area contributed by atoms with Gasteiger partial charge < -0.3 is 5.73 Å². The summed E-state index contributed by atoms with van der Waals surface area (Å²) < 4.78 is 2.82. The second-order valence-electron chi connectivity index (χ2n) is 5.07. The molecule has 0 bridgehead atoms. The van der Waals surface area contributed by atoms with E-state index in [1.807, 2.05) is 30.7 Å². The van der Waals surface area contributed by atoms with Crippen LogP contribution < -0.4 is 5.73 Å². The van der Waals surface area contributed by atoms with Crippen molar-refractivity contribution in [1.29, 1.82) is 0 Å². The first-order valence-electron chi connectivity index (χ1n) is 7.11. The van der Waals surface area contributed by atoms with Gasteiger partial charge in [-0.3, -0.25) is 9.48 Å². The SMILES string of the molecule is CCc1nn(CC)c(CC(=O)c2cc(C)ccc2N)c1Br. The van der Waals surface area contributed by atoms with Crippen LogP contribution in [0.25, 0.3) is 0 Å². The molecule has 1 aromatic carbocycles. The Labute approximate surface area is 133 Å². The first-order valence-corrected chi connectivity index (χ1v) is 7.90. The molecule has 0 atom stereocenters. The monoisotopic (exact) mass is 349 g/mol. The van der Waals surface area contributed by atoms with Gasteiger partial charge in [-0.25, -0.2) is 0 Å². The average Bonchev–Trinajstić information content (AvgIpc) is 2.77. The Morgan fingerprint density at radius 2 is 2.10 bits per heavy atom. The third-order valence-electron chi connectivity index (χ3n) is 3.53. The van der Waals surface area contributed by atoms with E-state index in [0.717, 1.165) is 34.4 Å². The molecular formula is C16H20BrN3O. The van der Waals surface area contributed by atoms with Crippen LogP contribution in [0.4, 0.5) is 5.69 Å². The van der Waals surface area contributed by atoms with Gasteiger partial charge in [-0.1, -0.05) is 18.6 Å². The predicted molar refractivity (Wildman–Crippen MR) is 88.6 cm³/mol. The van der Waals surface area contributed by atoms with E-state index in [4.69, 9.17) is 5.73 Å². The van der Waals surface area contributed by atoms with Gasteiger partial charge >= 0.3 is 0 Å². The van der Waals surface area contributed by atoms with Gasteiger partial charge in [0.1, 0.15) is 0 Å². The maximum Gasteiger partial charge on any atom is 0.170 e. The molecule has 112 valence electrons. The number of ketones is 1. The van der Waals surface area contributed by atoms with E-state index in [1.54, 1.807) is 6.07 Å². The smallest absolute Gasteiger partial charge is 0.170 e. The van der Waals surface area contributed by atoms with Gasteiger partial charge in [0.25, 0.3) is 0 Å². The predicted octanol–water partition coefficient (Wildman–Crippen LogP) is 3.54. The molecule has 0 amide bonds. The van der Waals surface area contributed by atoms with Gasteiger partial charge in [-0.2, -0.15) is 5.10 Å². The molecule has 0 saturated heterocycles. The Bertz CT molecular complexity index is 676. The maximum absolute atomic E-state index is 12.6. The fourth-order valence-electron chi connectivity index (χ4n) is 2.35. The highest BCUT2D eigenvalue weighted by Crippen LogP contribution is 2.25. The van der Waals surface area contributed by atoms with Crippen LogP contribution in [-0.2, 0) is 19.4 Å². The van der Waals surface area contributed by atoms with Crippen molar-refractivity contribution in [3.05, 3.63) is 45.2 Å². The number of rotatable bonds is 5. The lowest BCUT2D eigenvalue weighted by Crippen LogP contribution is -2.12. The van der Waals surface area contributed by atoms with Crippen LogP contribution in [0.1, 0.15) is 41.2 Å². The average molecular weight is 350 g/mol. The Kier molecular flexibility index (Phi) is 4.83. The van der Waals surface area contributed by atoms with E-state index in [-0.39, 0.29) is 5.78 Å². The van der Waals surface area contributed by atoms with Crippen molar-refractivity contribution >= 4 is 27.4 Å². The number of hydrogen-bond acceptors (Lipinski definition) is 3. The summed E-state index contributed by atoms with van der Waals surface area (Å²) in [4.78, 5) is 12.6. The number of carbonyl (C=O) groups is 1. The zero-order valence-corrected chi connectivity index (χ0v) is 14.2. The van der Waals surface area contributed by atoms with Crippen LogP contribution in [0.2, 0.25) is 0 Å². The summed E-state index contributed by atoms with van der Waals surface area (Å²) in [5.74, 6) is 0.0224. The highest BCUT2D eigenvalue weighted by molar-refractivity contribution is 9.10. The van der Waals surface area contributed by atoms with Crippen LogP contribution in [0.15, 0.2) is 22.7 Å². The molecule has 0 aliphatic carbocycles. The normalized spacial score (nSPS) is 10.9. The molecule has 0 fully saturated rings. The molecule has 0 saturated carbocycles. The van der Waals surface area contributed by atoms with Gasteiger partial charge in [-0.15, -0.1) is 0 Å². The third kappa shape index (κ3) is 3.18. The second kappa shape index (κ2) is 6.43. The van der Waals surface area contributed by atoms with Crippen molar-refractivity contribution in [2.75, 3.05) is 5.73 Å². The molecule has 5 heteroatoms. The number of hydrogen-bond donors (Lipinski definition) is 1. The highest BCUT2D eigenvalue weighted by atomic mass is 79.9. The molecule has 0 radical (unpaired) electrons. The zero-order chi connectivity index (χ0) is 15.6. The van der Waals surface area contributed by atoms with E-state index < -0.39 is 0 Å². The van der Waals surface area contributed by atoms with E-state index >= 15 is 0 Å². The van der Waals surface area contributed by atoms with Crippen LogP contribution in [-0.4, -0.2) is 15.6 Å². The summed E-state index contributed by atoms with van der Waals surface area (Å²) in [7, 11) is 0. The van der Waals surface area contributed by atoms with Crippen molar-refractivity contribution in [3.8, 4) is 0 Å². The maximum atomic E-state index is 12.6. The van der Waals surface area contributed by atoms with Crippen LogP contribution >= 0.6 is 15.9 Å². The van der Waals surface area contributed by atoms with Gasteiger partial charge in [0.05, 0.1) is 22.3 Å². The van der Waals surface area contributed by atoms with Crippen LogP contribution in [0.3, 0.4) is 0 Å². The Balaban J connectivity index is 2.35. The number of carbonyl (C=O) groups excluding carboxylic acids is 1. The minimum Gasteiger partial charge on any atom is -0.398 e. The number of Topliss-reactive ketones (excluding diaryl/α,β-unsaturated/α-hetero) is 1. The van der Waals surface area contributed by atoms with E-state index in [2.05, 4.69) is 28.0 Å². The molecule has 2 N–H and O–H groups in total. The number of aryl methyl sites for hydroxylation is 3. The minimum absolute atomic E-state index is 0.0224. The summed E-state index contributed by atoms with van der Waals surface area (Å²) in [5.41, 5.74) is 9.98. The number of aromatic nitrogens is 2. The van der Waals surface area contributed by atoms with Gasteiger partial charge in [0, 0.05) is 17.8 Å². The van der Waals surface area contributed by atoms with Crippen molar-refractivity contribution < 1.29 is 4.79 Å². The number of anilines is 1. The molecule has 2 aromatic rings. The fourth-order valence-corrected chi connectivity index (χ4v) is 3.05. The molecular weight excluding hydrogens is 330 g/mol.